The Bertz CT molecular complexity index is 663. The molecule has 7 heteroatoms. The molecule has 2 N–H and O–H groups in total. The lowest BCUT2D eigenvalue weighted by atomic mass is 9.91. The van der Waals surface area contributed by atoms with Gasteiger partial charge >= 0.3 is 0 Å². The summed E-state index contributed by atoms with van der Waals surface area (Å²) in [6, 6.07) is 5.67. The highest BCUT2D eigenvalue weighted by molar-refractivity contribution is 8.01. The van der Waals surface area contributed by atoms with Crippen LogP contribution in [0.4, 0.5) is 5.13 Å². The van der Waals surface area contributed by atoms with Gasteiger partial charge in [-0.3, -0.25) is 0 Å². The van der Waals surface area contributed by atoms with Gasteiger partial charge in [0.25, 0.3) is 0 Å². The van der Waals surface area contributed by atoms with Crippen molar-refractivity contribution in [1.82, 2.24) is 4.98 Å². The van der Waals surface area contributed by atoms with Crippen molar-refractivity contribution in [2.24, 2.45) is 5.73 Å². The predicted molar refractivity (Wildman–Crippen MR) is 96.7 cm³/mol. The first-order chi connectivity index (χ1) is 10.4. The Morgan fingerprint density at radius 1 is 1.32 bits per heavy atom. The number of thiazole rings is 1. The summed E-state index contributed by atoms with van der Waals surface area (Å²) < 4.78 is 1.11. The van der Waals surface area contributed by atoms with Crippen molar-refractivity contribution < 1.29 is 0 Å². The lowest BCUT2D eigenvalue weighted by Crippen LogP contribution is -2.48. The Balaban J connectivity index is 1.70. The second kappa shape index (κ2) is 6.57. The van der Waals surface area contributed by atoms with Crippen molar-refractivity contribution in [2.75, 3.05) is 18.0 Å². The first-order valence-electron chi connectivity index (χ1n) is 7.06. The highest BCUT2D eigenvalue weighted by Crippen LogP contribution is 2.41. The van der Waals surface area contributed by atoms with Crippen LogP contribution in [0, 0.1) is 0 Å². The fourth-order valence-corrected chi connectivity index (χ4v) is 4.83. The van der Waals surface area contributed by atoms with Crippen LogP contribution in [0.15, 0.2) is 33.5 Å². The summed E-state index contributed by atoms with van der Waals surface area (Å²) in [5.74, 6) is 0. The molecular weight excluding hydrogens is 357 g/mol. The van der Waals surface area contributed by atoms with Gasteiger partial charge in [0, 0.05) is 23.5 Å². The number of halogens is 2. The van der Waals surface area contributed by atoms with E-state index in [4.69, 9.17) is 28.9 Å². The zero-order valence-electron chi connectivity index (χ0n) is 12.2. The maximum absolute atomic E-state index is 6.24. The van der Waals surface area contributed by atoms with Gasteiger partial charge in [-0.25, -0.2) is 4.98 Å². The number of piperidine rings is 1. The van der Waals surface area contributed by atoms with E-state index in [2.05, 4.69) is 16.8 Å². The highest BCUT2D eigenvalue weighted by atomic mass is 35.5. The van der Waals surface area contributed by atoms with E-state index in [1.807, 2.05) is 18.3 Å². The Hall–Kier alpha value is -0.460. The second-order valence-corrected chi connectivity index (χ2v) is 8.89. The van der Waals surface area contributed by atoms with Crippen LogP contribution < -0.4 is 10.6 Å². The monoisotopic (exact) mass is 373 g/mol. The van der Waals surface area contributed by atoms with Crippen molar-refractivity contribution in [2.45, 2.75) is 34.4 Å². The summed E-state index contributed by atoms with van der Waals surface area (Å²) in [6.45, 7) is 4.04. The van der Waals surface area contributed by atoms with Crippen LogP contribution in [0.1, 0.15) is 19.8 Å². The van der Waals surface area contributed by atoms with E-state index in [0.29, 0.717) is 10.0 Å². The number of nitrogens with two attached hydrogens (primary N) is 1. The zero-order valence-corrected chi connectivity index (χ0v) is 15.3. The zero-order chi connectivity index (χ0) is 15.7. The largest absolute Gasteiger partial charge is 0.348 e. The smallest absolute Gasteiger partial charge is 0.186 e. The van der Waals surface area contributed by atoms with E-state index in [1.54, 1.807) is 29.2 Å². The van der Waals surface area contributed by atoms with Gasteiger partial charge in [0.1, 0.15) is 0 Å². The summed E-state index contributed by atoms with van der Waals surface area (Å²) in [5, 5.41) is 2.23. The molecule has 0 bridgehead atoms. The topological polar surface area (TPSA) is 42.1 Å². The normalized spacial score (nSPS) is 17.7. The number of benzene rings is 1. The third kappa shape index (κ3) is 3.71. The van der Waals surface area contributed by atoms with Gasteiger partial charge in [0.05, 0.1) is 20.5 Å². The molecule has 0 aliphatic carbocycles. The third-order valence-electron chi connectivity index (χ3n) is 3.78. The molecule has 1 aromatic heterocycles. The first kappa shape index (κ1) is 16.4. The lowest BCUT2D eigenvalue weighted by molar-refractivity contribution is 0.364. The molecule has 118 valence electrons. The summed E-state index contributed by atoms with van der Waals surface area (Å²) in [6.07, 6.45) is 3.89. The van der Waals surface area contributed by atoms with Crippen LogP contribution in [0.2, 0.25) is 10.0 Å². The molecule has 3 nitrogen and oxygen atoms in total. The summed E-state index contributed by atoms with van der Waals surface area (Å²) >= 11 is 15.6. The van der Waals surface area contributed by atoms with E-state index >= 15 is 0 Å². The molecule has 22 heavy (non-hydrogen) atoms. The lowest BCUT2D eigenvalue weighted by Gasteiger charge is -2.36. The average molecular weight is 374 g/mol. The number of hydrogen-bond acceptors (Lipinski definition) is 5. The molecule has 0 unspecified atom stereocenters. The first-order valence-corrected chi connectivity index (χ1v) is 9.45. The Kier molecular flexibility index (Phi) is 4.90. The van der Waals surface area contributed by atoms with Crippen molar-refractivity contribution in [3.63, 3.8) is 0 Å². The number of anilines is 1. The van der Waals surface area contributed by atoms with Crippen LogP contribution in [-0.2, 0) is 0 Å². The van der Waals surface area contributed by atoms with Crippen molar-refractivity contribution >= 4 is 51.4 Å². The van der Waals surface area contributed by atoms with Crippen LogP contribution in [0.5, 0.6) is 0 Å². The van der Waals surface area contributed by atoms with E-state index in [9.17, 15) is 0 Å². The molecule has 1 fully saturated rings. The predicted octanol–water partition coefficient (Wildman–Crippen LogP) is 4.92. The molecule has 0 saturated carbocycles. The molecule has 0 amide bonds. The van der Waals surface area contributed by atoms with Gasteiger partial charge in [0.15, 0.2) is 5.13 Å². The molecular formula is C15H17Cl2N3S2. The van der Waals surface area contributed by atoms with Gasteiger partial charge in [-0.2, -0.15) is 0 Å². The highest BCUT2D eigenvalue weighted by Gasteiger charge is 2.27. The van der Waals surface area contributed by atoms with Gasteiger partial charge < -0.3 is 10.6 Å². The summed E-state index contributed by atoms with van der Waals surface area (Å²) in [5.41, 5.74) is 6.14. The maximum atomic E-state index is 6.24. The summed E-state index contributed by atoms with van der Waals surface area (Å²) in [4.78, 5) is 7.81. The van der Waals surface area contributed by atoms with Crippen LogP contribution in [-0.4, -0.2) is 23.6 Å². The number of rotatable bonds is 3. The second-order valence-electron chi connectivity index (χ2n) is 5.76. The molecule has 1 aliphatic heterocycles. The minimum absolute atomic E-state index is 0.0420. The van der Waals surface area contributed by atoms with Crippen molar-refractivity contribution in [1.29, 1.82) is 0 Å². The number of hydrogen-bond donors (Lipinski definition) is 1. The third-order valence-corrected chi connectivity index (χ3v) is 6.93. The molecule has 0 radical (unpaired) electrons. The molecule has 3 rings (SSSR count). The number of aromatic nitrogens is 1. The molecule has 1 aromatic carbocycles. The van der Waals surface area contributed by atoms with E-state index in [-0.39, 0.29) is 5.54 Å². The Morgan fingerprint density at radius 2 is 2.05 bits per heavy atom. The fraction of sp³-hybridized carbons (Fsp3) is 0.400. The van der Waals surface area contributed by atoms with Gasteiger partial charge in [-0.1, -0.05) is 52.4 Å². The summed E-state index contributed by atoms with van der Waals surface area (Å²) in [7, 11) is 0. The van der Waals surface area contributed by atoms with Crippen molar-refractivity contribution in [3.8, 4) is 0 Å². The maximum Gasteiger partial charge on any atom is 0.186 e. The Morgan fingerprint density at radius 3 is 2.77 bits per heavy atom. The van der Waals surface area contributed by atoms with Crippen LogP contribution in [0.25, 0.3) is 0 Å². The van der Waals surface area contributed by atoms with E-state index < -0.39 is 0 Å². The molecule has 1 aliphatic rings. The van der Waals surface area contributed by atoms with Gasteiger partial charge in [-0.15, -0.1) is 0 Å². The average Bonchev–Trinajstić information content (AvgIpc) is 2.92. The fourth-order valence-electron chi connectivity index (χ4n) is 2.32. The minimum Gasteiger partial charge on any atom is -0.348 e. The minimum atomic E-state index is -0.0420. The van der Waals surface area contributed by atoms with E-state index in [0.717, 1.165) is 40.2 Å². The van der Waals surface area contributed by atoms with Gasteiger partial charge in [-0.05, 0) is 31.9 Å². The number of nitrogens with zero attached hydrogens (tertiary/aromatic N) is 2. The standard InChI is InChI=1S/C15H17Cl2N3S2/c1-15(18)5-7-20(8-6-15)14-19-9-12(22-14)21-11-4-2-3-10(16)13(11)17/h2-4,9H,5-8,18H2,1H3. The Labute approximate surface area is 148 Å². The van der Waals surface area contributed by atoms with Crippen LogP contribution in [0.3, 0.4) is 0 Å². The SMILES string of the molecule is CC1(N)CCN(c2ncc(Sc3cccc(Cl)c3Cl)s2)CC1. The van der Waals surface area contributed by atoms with E-state index in [1.165, 1.54) is 0 Å². The van der Waals surface area contributed by atoms with Crippen molar-refractivity contribution in [3.05, 3.63) is 34.4 Å². The van der Waals surface area contributed by atoms with Gasteiger partial charge in [0.2, 0.25) is 0 Å². The molecule has 2 aromatic rings. The molecule has 1 saturated heterocycles. The van der Waals surface area contributed by atoms with Crippen LogP contribution >= 0.6 is 46.3 Å². The molecule has 0 spiro atoms. The molecule has 0 atom stereocenters. The molecule has 2 heterocycles. The quantitative estimate of drug-likeness (QED) is 0.828.